The Morgan fingerprint density at radius 2 is 2.22 bits per heavy atom. The van der Waals surface area contributed by atoms with Gasteiger partial charge in [0.2, 0.25) is 0 Å². The SMILES string of the molecule is Clc1cc(Nc2ncnc3cc(C#C[C@H]4CCCN4)sc23)ccc1OCc1cccnc1. The number of pyridine rings is 1. The van der Waals surface area contributed by atoms with Gasteiger partial charge < -0.3 is 15.4 Å². The van der Waals surface area contributed by atoms with Crippen LogP contribution in [0.5, 0.6) is 5.75 Å². The molecule has 160 valence electrons. The van der Waals surface area contributed by atoms with Crippen molar-refractivity contribution in [3.63, 3.8) is 0 Å². The molecule has 32 heavy (non-hydrogen) atoms. The summed E-state index contributed by atoms with van der Waals surface area (Å²) in [6.45, 7) is 1.45. The quantitative estimate of drug-likeness (QED) is 0.400. The number of halogens is 1. The molecule has 0 spiro atoms. The van der Waals surface area contributed by atoms with Gasteiger partial charge in [-0.15, -0.1) is 11.3 Å². The molecule has 1 atom stereocenters. The molecule has 8 heteroatoms. The van der Waals surface area contributed by atoms with Crippen LogP contribution in [0.25, 0.3) is 10.2 Å². The van der Waals surface area contributed by atoms with E-state index in [4.69, 9.17) is 16.3 Å². The van der Waals surface area contributed by atoms with Crippen LogP contribution in [-0.2, 0) is 6.61 Å². The van der Waals surface area contributed by atoms with Gasteiger partial charge in [-0.1, -0.05) is 29.5 Å². The van der Waals surface area contributed by atoms with Crippen LogP contribution in [0.15, 0.2) is 55.1 Å². The highest BCUT2D eigenvalue weighted by atomic mass is 35.5. The minimum absolute atomic E-state index is 0.282. The molecular weight excluding hydrogens is 442 g/mol. The van der Waals surface area contributed by atoms with Gasteiger partial charge in [-0.25, -0.2) is 9.97 Å². The van der Waals surface area contributed by atoms with Crippen LogP contribution in [0.4, 0.5) is 11.5 Å². The molecule has 0 bridgehead atoms. The Balaban J connectivity index is 1.32. The molecule has 4 aromatic rings. The van der Waals surface area contributed by atoms with Crippen molar-refractivity contribution >= 4 is 44.7 Å². The summed E-state index contributed by atoms with van der Waals surface area (Å²) in [5.41, 5.74) is 2.67. The third-order valence-electron chi connectivity index (χ3n) is 5.05. The number of anilines is 2. The second-order valence-electron chi connectivity index (χ2n) is 7.39. The predicted octanol–water partition coefficient (Wildman–Crippen LogP) is 5.17. The molecule has 0 saturated carbocycles. The Hall–Kier alpha value is -3.18. The topological polar surface area (TPSA) is 72.0 Å². The summed E-state index contributed by atoms with van der Waals surface area (Å²) in [5, 5.41) is 7.27. The van der Waals surface area contributed by atoms with E-state index in [0.29, 0.717) is 17.4 Å². The number of thiophene rings is 1. The lowest BCUT2D eigenvalue weighted by Gasteiger charge is -2.11. The van der Waals surface area contributed by atoms with Gasteiger partial charge in [0.15, 0.2) is 5.82 Å². The van der Waals surface area contributed by atoms with Gasteiger partial charge in [-0.05, 0) is 49.7 Å². The average molecular weight is 462 g/mol. The number of aromatic nitrogens is 3. The van der Waals surface area contributed by atoms with Crippen molar-refractivity contribution in [3.8, 4) is 17.6 Å². The molecular formula is C24H20ClN5OS. The lowest BCUT2D eigenvalue weighted by Crippen LogP contribution is -2.18. The van der Waals surface area contributed by atoms with E-state index in [1.807, 2.05) is 36.4 Å². The molecule has 1 aliphatic rings. The van der Waals surface area contributed by atoms with Gasteiger partial charge >= 0.3 is 0 Å². The summed E-state index contributed by atoms with van der Waals surface area (Å²) in [5.74, 6) is 7.93. The Bertz CT molecular complexity index is 1290. The zero-order valence-electron chi connectivity index (χ0n) is 17.1. The monoisotopic (exact) mass is 461 g/mol. The van der Waals surface area contributed by atoms with Gasteiger partial charge in [0.25, 0.3) is 0 Å². The summed E-state index contributed by atoms with van der Waals surface area (Å²) >= 11 is 8.04. The van der Waals surface area contributed by atoms with Gasteiger partial charge in [-0.3, -0.25) is 4.98 Å². The number of hydrogen-bond acceptors (Lipinski definition) is 7. The first kappa shape index (κ1) is 20.7. The highest BCUT2D eigenvalue weighted by Crippen LogP contribution is 2.33. The molecule has 0 unspecified atom stereocenters. The molecule has 2 N–H and O–H groups in total. The molecule has 6 nitrogen and oxygen atoms in total. The number of nitrogens with zero attached hydrogens (tertiary/aromatic N) is 3. The summed E-state index contributed by atoms with van der Waals surface area (Å²) in [4.78, 5) is 13.9. The third kappa shape index (κ3) is 4.83. The van der Waals surface area contributed by atoms with Crippen LogP contribution in [0.1, 0.15) is 23.3 Å². The Morgan fingerprint density at radius 3 is 3.03 bits per heavy atom. The maximum Gasteiger partial charge on any atom is 0.151 e. The van der Waals surface area contributed by atoms with E-state index in [9.17, 15) is 0 Å². The lowest BCUT2D eigenvalue weighted by molar-refractivity contribution is 0.306. The van der Waals surface area contributed by atoms with Crippen molar-refractivity contribution in [2.45, 2.75) is 25.5 Å². The van der Waals surface area contributed by atoms with Crippen LogP contribution in [0.3, 0.4) is 0 Å². The highest BCUT2D eigenvalue weighted by molar-refractivity contribution is 7.20. The maximum atomic E-state index is 6.45. The number of fused-ring (bicyclic) bond motifs is 1. The van der Waals surface area contributed by atoms with E-state index >= 15 is 0 Å². The number of ether oxygens (including phenoxy) is 1. The van der Waals surface area contributed by atoms with Crippen molar-refractivity contribution in [3.05, 3.63) is 70.6 Å². The van der Waals surface area contributed by atoms with Crippen LogP contribution in [0, 0.1) is 11.8 Å². The number of rotatable bonds is 5. The van der Waals surface area contributed by atoms with Crippen molar-refractivity contribution in [1.82, 2.24) is 20.3 Å². The van der Waals surface area contributed by atoms with Crippen LogP contribution in [-0.4, -0.2) is 27.5 Å². The normalized spacial score (nSPS) is 15.3. The molecule has 5 rings (SSSR count). The lowest BCUT2D eigenvalue weighted by atomic mass is 10.2. The first-order valence-electron chi connectivity index (χ1n) is 10.3. The first-order valence-corrected chi connectivity index (χ1v) is 11.5. The number of nitrogens with one attached hydrogen (secondary N) is 2. The molecule has 4 heterocycles. The molecule has 0 radical (unpaired) electrons. The molecule has 1 aliphatic heterocycles. The van der Waals surface area contributed by atoms with Gasteiger partial charge in [-0.2, -0.15) is 0 Å². The Labute approximate surface area is 195 Å². The van der Waals surface area contributed by atoms with Gasteiger partial charge in [0, 0.05) is 23.6 Å². The third-order valence-corrected chi connectivity index (χ3v) is 6.39. The molecule has 1 fully saturated rings. The average Bonchev–Trinajstić information content (AvgIpc) is 3.48. The summed E-state index contributed by atoms with van der Waals surface area (Å²) in [6.07, 6.45) is 7.35. The molecule has 1 aromatic carbocycles. The zero-order chi connectivity index (χ0) is 21.8. The van der Waals surface area contributed by atoms with Crippen molar-refractivity contribution in [1.29, 1.82) is 0 Å². The fourth-order valence-electron chi connectivity index (χ4n) is 3.45. The fourth-order valence-corrected chi connectivity index (χ4v) is 4.60. The van der Waals surface area contributed by atoms with Gasteiger partial charge in [0.1, 0.15) is 18.7 Å². The molecule has 1 saturated heterocycles. The summed E-state index contributed by atoms with van der Waals surface area (Å²) in [6, 6.07) is 11.7. The Kier molecular flexibility index (Phi) is 6.17. The van der Waals surface area contributed by atoms with E-state index in [1.54, 1.807) is 30.1 Å². The van der Waals surface area contributed by atoms with E-state index in [-0.39, 0.29) is 6.04 Å². The second-order valence-corrected chi connectivity index (χ2v) is 8.85. The van der Waals surface area contributed by atoms with Crippen molar-refractivity contribution in [2.24, 2.45) is 0 Å². The molecule has 0 aliphatic carbocycles. The largest absolute Gasteiger partial charge is 0.487 e. The second kappa shape index (κ2) is 9.53. The van der Waals surface area contributed by atoms with Crippen molar-refractivity contribution < 1.29 is 4.74 Å². The highest BCUT2D eigenvalue weighted by Gasteiger charge is 2.12. The zero-order valence-corrected chi connectivity index (χ0v) is 18.7. The van der Waals surface area contributed by atoms with E-state index in [1.165, 1.54) is 6.42 Å². The standard InChI is InChI=1S/C24H20ClN5OS/c25-20-11-18(6-8-22(20)31-14-16-3-1-9-26-13-16)30-24-23-21(28-15-29-24)12-19(32-23)7-5-17-4-2-10-27-17/h1,3,6,8-9,11-13,15,17,27H,2,4,10,14H2,(H,28,29,30)/t17-/m1/s1. The minimum atomic E-state index is 0.282. The number of benzene rings is 1. The van der Waals surface area contributed by atoms with E-state index in [0.717, 1.165) is 45.1 Å². The van der Waals surface area contributed by atoms with Crippen LogP contribution < -0.4 is 15.4 Å². The predicted molar refractivity (Wildman–Crippen MR) is 129 cm³/mol. The smallest absolute Gasteiger partial charge is 0.151 e. The number of hydrogen-bond donors (Lipinski definition) is 2. The fraction of sp³-hybridized carbons (Fsp3) is 0.208. The van der Waals surface area contributed by atoms with Crippen molar-refractivity contribution in [2.75, 3.05) is 11.9 Å². The van der Waals surface area contributed by atoms with Crippen LogP contribution in [0.2, 0.25) is 5.02 Å². The van der Waals surface area contributed by atoms with Gasteiger partial charge in [0.05, 0.1) is 26.2 Å². The molecule has 3 aromatic heterocycles. The molecule has 0 amide bonds. The minimum Gasteiger partial charge on any atom is -0.487 e. The summed E-state index contributed by atoms with van der Waals surface area (Å²) < 4.78 is 6.79. The Morgan fingerprint density at radius 1 is 1.25 bits per heavy atom. The first-order chi connectivity index (χ1) is 15.7. The van der Waals surface area contributed by atoms with Crippen LogP contribution >= 0.6 is 22.9 Å². The summed E-state index contributed by atoms with van der Waals surface area (Å²) in [7, 11) is 0. The maximum absolute atomic E-state index is 6.45. The van der Waals surface area contributed by atoms with E-state index in [2.05, 4.69) is 37.4 Å². The van der Waals surface area contributed by atoms with E-state index < -0.39 is 0 Å².